The van der Waals surface area contributed by atoms with Crippen molar-refractivity contribution in [2.24, 2.45) is 5.92 Å². The molecule has 0 amide bonds. The topological polar surface area (TPSA) is 80.7 Å². The van der Waals surface area contributed by atoms with E-state index in [0.717, 1.165) is 6.07 Å². The molecular formula is C16H18BrF3O5S. The van der Waals surface area contributed by atoms with Crippen LogP contribution in [0.5, 0.6) is 0 Å². The third kappa shape index (κ3) is 4.40. The fourth-order valence-electron chi connectivity index (χ4n) is 3.12. The quantitative estimate of drug-likeness (QED) is 0.723. The Balaban J connectivity index is 2.44. The molecule has 0 aliphatic heterocycles. The summed E-state index contributed by atoms with van der Waals surface area (Å²) in [4.78, 5) is 10.6. The molecule has 1 aromatic carbocycles. The number of carboxylic acids is 1. The maximum Gasteiger partial charge on any atom is 0.417 e. The number of hydrogen-bond acceptors (Lipinski definition) is 4. The Bertz CT molecular complexity index is 792. The van der Waals surface area contributed by atoms with Crippen LogP contribution < -0.4 is 0 Å². The highest BCUT2D eigenvalue weighted by atomic mass is 79.9. The van der Waals surface area contributed by atoms with Gasteiger partial charge in [-0.1, -0.05) is 15.9 Å². The predicted molar refractivity (Wildman–Crippen MR) is 90.5 cm³/mol. The van der Waals surface area contributed by atoms with Gasteiger partial charge in [-0.15, -0.1) is 0 Å². The Kier molecular flexibility index (Phi) is 6.09. The van der Waals surface area contributed by atoms with Crippen LogP contribution in [0.3, 0.4) is 0 Å². The van der Waals surface area contributed by atoms with Gasteiger partial charge >= 0.3 is 12.1 Å². The molecule has 1 N–H and O–H groups in total. The molecule has 1 saturated carbocycles. The van der Waals surface area contributed by atoms with E-state index >= 15 is 0 Å². The molecule has 1 aliphatic rings. The van der Waals surface area contributed by atoms with Gasteiger partial charge in [0.05, 0.1) is 33.8 Å². The summed E-state index contributed by atoms with van der Waals surface area (Å²) in [6, 6.07) is 2.82. The van der Waals surface area contributed by atoms with Gasteiger partial charge in [0.15, 0.2) is 9.84 Å². The van der Waals surface area contributed by atoms with Crippen molar-refractivity contribution in [3.63, 3.8) is 0 Å². The zero-order chi connectivity index (χ0) is 19.9. The third-order valence-electron chi connectivity index (χ3n) is 4.22. The number of hydrogen-bond donors (Lipinski definition) is 1. The van der Waals surface area contributed by atoms with Crippen molar-refractivity contribution < 1.29 is 36.2 Å². The number of aliphatic carboxylic acids is 1. The van der Waals surface area contributed by atoms with Gasteiger partial charge < -0.3 is 9.84 Å². The zero-order valence-corrected chi connectivity index (χ0v) is 16.4. The SMILES string of the molecule is CC(C)O[C@@H]1C[C@H](S(=O)(=O)c2ccc(Br)cc2C(F)(F)F)C[C@H]1C(=O)O. The van der Waals surface area contributed by atoms with Gasteiger partial charge in [-0.3, -0.25) is 4.79 Å². The number of rotatable bonds is 5. The summed E-state index contributed by atoms with van der Waals surface area (Å²) < 4.78 is 71.2. The molecule has 2 rings (SSSR count). The molecule has 0 unspecified atom stereocenters. The molecule has 10 heteroatoms. The van der Waals surface area contributed by atoms with E-state index in [0.29, 0.717) is 6.07 Å². The van der Waals surface area contributed by atoms with Crippen LogP contribution in [0.4, 0.5) is 13.2 Å². The summed E-state index contributed by atoms with van der Waals surface area (Å²) in [6.45, 7) is 3.36. The lowest BCUT2D eigenvalue weighted by atomic mass is 10.1. The number of halogens is 4. The molecule has 26 heavy (non-hydrogen) atoms. The number of ether oxygens (including phenoxy) is 1. The Hall–Kier alpha value is -1.13. The van der Waals surface area contributed by atoms with Gasteiger partial charge in [-0.05, 0) is 44.9 Å². The molecule has 0 spiro atoms. The van der Waals surface area contributed by atoms with Gasteiger partial charge in [0.2, 0.25) is 0 Å². The Morgan fingerprint density at radius 2 is 1.92 bits per heavy atom. The standard InChI is InChI=1S/C16H18BrF3O5S/c1-8(2)25-13-7-10(6-11(13)15(21)22)26(23,24)14-4-3-9(17)5-12(14)16(18,19)20/h3-5,8,10-11,13H,6-7H2,1-2H3,(H,21,22)/t10-,11-,13-/m1/s1. The fraction of sp³-hybridized carbons (Fsp3) is 0.562. The van der Waals surface area contributed by atoms with E-state index in [4.69, 9.17) is 4.74 Å². The summed E-state index contributed by atoms with van der Waals surface area (Å²) >= 11 is 2.91. The van der Waals surface area contributed by atoms with E-state index in [9.17, 15) is 31.5 Å². The van der Waals surface area contributed by atoms with Crippen LogP contribution >= 0.6 is 15.9 Å². The molecule has 1 aliphatic carbocycles. The second kappa shape index (κ2) is 7.47. The molecule has 0 heterocycles. The molecule has 1 fully saturated rings. The molecule has 0 saturated heterocycles. The second-order valence-corrected chi connectivity index (χ2v) is 9.56. The zero-order valence-electron chi connectivity index (χ0n) is 14.0. The van der Waals surface area contributed by atoms with E-state index in [2.05, 4.69) is 15.9 Å². The normalized spacial score (nSPS) is 24.2. The van der Waals surface area contributed by atoms with Gasteiger partial charge in [0, 0.05) is 4.47 Å². The first-order chi connectivity index (χ1) is 11.8. The molecule has 1 aromatic rings. The van der Waals surface area contributed by atoms with Crippen LogP contribution in [0, 0.1) is 5.92 Å². The summed E-state index contributed by atoms with van der Waals surface area (Å²) in [6.07, 6.45) is -6.50. The molecule has 146 valence electrons. The van der Waals surface area contributed by atoms with Crippen molar-refractivity contribution in [1.82, 2.24) is 0 Å². The van der Waals surface area contributed by atoms with Gasteiger partial charge in [-0.25, -0.2) is 8.42 Å². The minimum absolute atomic E-state index is 0.0969. The maximum atomic E-state index is 13.3. The van der Waals surface area contributed by atoms with E-state index in [1.54, 1.807) is 13.8 Å². The van der Waals surface area contributed by atoms with Gasteiger partial charge in [0.25, 0.3) is 0 Å². The van der Waals surface area contributed by atoms with E-state index in [1.807, 2.05) is 0 Å². The fourth-order valence-corrected chi connectivity index (χ4v) is 5.48. The molecular weight excluding hydrogens is 441 g/mol. The molecule has 0 aromatic heterocycles. The Morgan fingerprint density at radius 3 is 2.42 bits per heavy atom. The predicted octanol–water partition coefficient (Wildman–Crippen LogP) is 3.90. The monoisotopic (exact) mass is 458 g/mol. The second-order valence-electron chi connectivity index (χ2n) is 6.44. The van der Waals surface area contributed by atoms with Crippen molar-refractivity contribution in [3.8, 4) is 0 Å². The Labute approximate surface area is 157 Å². The number of benzene rings is 1. The van der Waals surface area contributed by atoms with Crippen molar-refractivity contribution in [1.29, 1.82) is 0 Å². The summed E-state index contributed by atoms with van der Waals surface area (Å²) in [7, 11) is -4.39. The van der Waals surface area contributed by atoms with E-state index in [-0.39, 0.29) is 23.4 Å². The van der Waals surface area contributed by atoms with E-state index < -0.39 is 49.7 Å². The average molecular weight is 459 g/mol. The van der Waals surface area contributed by atoms with Crippen molar-refractivity contribution in [2.75, 3.05) is 0 Å². The van der Waals surface area contributed by atoms with Crippen LogP contribution in [0.2, 0.25) is 0 Å². The Morgan fingerprint density at radius 1 is 1.31 bits per heavy atom. The molecule has 0 bridgehead atoms. The van der Waals surface area contributed by atoms with Crippen LogP contribution in [-0.4, -0.2) is 37.0 Å². The number of carboxylic acid groups (broad SMARTS) is 1. The van der Waals surface area contributed by atoms with Crippen molar-refractivity contribution in [3.05, 3.63) is 28.2 Å². The summed E-state index contributed by atoms with van der Waals surface area (Å²) in [5.41, 5.74) is -1.27. The van der Waals surface area contributed by atoms with Crippen LogP contribution in [0.1, 0.15) is 32.3 Å². The largest absolute Gasteiger partial charge is 0.481 e. The van der Waals surface area contributed by atoms with Gasteiger partial charge in [0.1, 0.15) is 0 Å². The maximum absolute atomic E-state index is 13.3. The lowest BCUT2D eigenvalue weighted by Gasteiger charge is -2.19. The molecule has 5 nitrogen and oxygen atoms in total. The molecule has 3 atom stereocenters. The summed E-state index contributed by atoms with van der Waals surface area (Å²) in [5.74, 6) is -2.30. The highest BCUT2D eigenvalue weighted by Crippen LogP contribution is 2.41. The number of carbonyl (C=O) groups is 1. The summed E-state index contributed by atoms with van der Waals surface area (Å²) in [5, 5.41) is 8.05. The van der Waals surface area contributed by atoms with Gasteiger partial charge in [-0.2, -0.15) is 13.2 Å². The van der Waals surface area contributed by atoms with Crippen molar-refractivity contribution >= 4 is 31.7 Å². The molecule has 0 radical (unpaired) electrons. The first-order valence-electron chi connectivity index (χ1n) is 7.83. The van der Waals surface area contributed by atoms with E-state index in [1.165, 1.54) is 6.07 Å². The average Bonchev–Trinajstić information content (AvgIpc) is 2.90. The first kappa shape index (κ1) is 21.2. The number of alkyl halides is 3. The van der Waals surface area contributed by atoms with Crippen molar-refractivity contribution in [2.45, 2.75) is 55.2 Å². The van der Waals surface area contributed by atoms with Crippen LogP contribution in [0.25, 0.3) is 0 Å². The lowest BCUT2D eigenvalue weighted by molar-refractivity contribution is -0.147. The highest BCUT2D eigenvalue weighted by Gasteiger charge is 2.48. The smallest absolute Gasteiger partial charge is 0.417 e. The number of sulfone groups is 1. The minimum Gasteiger partial charge on any atom is -0.481 e. The third-order valence-corrected chi connectivity index (χ3v) is 6.94. The van der Waals surface area contributed by atoms with Crippen LogP contribution in [0.15, 0.2) is 27.6 Å². The highest BCUT2D eigenvalue weighted by molar-refractivity contribution is 9.10. The van der Waals surface area contributed by atoms with Crippen LogP contribution in [-0.2, 0) is 25.5 Å². The minimum atomic E-state index is -4.86. The first-order valence-corrected chi connectivity index (χ1v) is 10.2. The lowest BCUT2D eigenvalue weighted by Crippen LogP contribution is -2.27.